The molecular weight excluding hydrogens is 361 g/mol. The number of amides is 1. The highest BCUT2D eigenvalue weighted by Crippen LogP contribution is 2.21. The second-order valence-electron chi connectivity index (χ2n) is 5.52. The van der Waals surface area contributed by atoms with E-state index in [1.807, 2.05) is 26.0 Å². The molecule has 0 heterocycles. The van der Waals surface area contributed by atoms with Gasteiger partial charge in [-0.1, -0.05) is 36.2 Å². The van der Waals surface area contributed by atoms with Crippen LogP contribution in [0.3, 0.4) is 0 Å². The highest BCUT2D eigenvalue weighted by atomic mass is 35.5. The summed E-state index contributed by atoms with van der Waals surface area (Å²) in [5.41, 5.74) is 0.993. The number of hydrogen-bond donors (Lipinski definition) is 1. The van der Waals surface area contributed by atoms with Crippen LogP contribution >= 0.6 is 23.2 Å². The maximum atomic E-state index is 12.2. The second-order valence-corrected chi connectivity index (χ2v) is 6.36. The average molecular weight is 382 g/mol. The summed E-state index contributed by atoms with van der Waals surface area (Å²) in [6.07, 6.45) is -0.00177. The summed E-state index contributed by atoms with van der Waals surface area (Å²) in [6, 6.07) is 12.4. The first-order valence-corrected chi connectivity index (χ1v) is 8.84. The van der Waals surface area contributed by atoms with E-state index >= 15 is 0 Å². The SMILES string of the molecule is CCC(Oc1ccc(Cl)cc1)C(=O)NCCOc1ccc(C)c(Cl)c1. The molecule has 0 aliphatic carbocycles. The Balaban J connectivity index is 1.77. The first kappa shape index (κ1) is 19.4. The molecule has 0 bridgehead atoms. The van der Waals surface area contributed by atoms with Crippen LogP contribution in [-0.4, -0.2) is 25.2 Å². The molecule has 2 aromatic rings. The molecule has 0 fully saturated rings. The first-order chi connectivity index (χ1) is 12.0. The molecule has 0 aliphatic heterocycles. The normalized spacial score (nSPS) is 11.7. The van der Waals surface area contributed by atoms with Crippen molar-refractivity contribution >= 4 is 29.1 Å². The zero-order chi connectivity index (χ0) is 18.2. The molecule has 1 N–H and O–H groups in total. The van der Waals surface area contributed by atoms with Crippen LogP contribution in [0.5, 0.6) is 11.5 Å². The van der Waals surface area contributed by atoms with Gasteiger partial charge in [0.2, 0.25) is 0 Å². The van der Waals surface area contributed by atoms with E-state index < -0.39 is 6.10 Å². The fourth-order valence-corrected chi connectivity index (χ4v) is 2.42. The second kappa shape index (κ2) is 9.54. The van der Waals surface area contributed by atoms with Crippen LogP contribution < -0.4 is 14.8 Å². The number of carbonyl (C=O) groups is 1. The largest absolute Gasteiger partial charge is 0.492 e. The Morgan fingerprint density at radius 3 is 2.44 bits per heavy atom. The molecular formula is C19H21Cl2NO3. The number of carbonyl (C=O) groups excluding carboxylic acids is 1. The van der Waals surface area contributed by atoms with Gasteiger partial charge in [-0.2, -0.15) is 0 Å². The number of nitrogens with one attached hydrogen (secondary N) is 1. The Kier molecular flexibility index (Phi) is 7.41. The first-order valence-electron chi connectivity index (χ1n) is 8.08. The molecule has 0 aromatic heterocycles. The monoisotopic (exact) mass is 381 g/mol. The molecule has 134 valence electrons. The number of halogens is 2. The number of ether oxygens (including phenoxy) is 2. The van der Waals surface area contributed by atoms with Gasteiger partial charge in [0.15, 0.2) is 6.10 Å². The van der Waals surface area contributed by atoms with Gasteiger partial charge in [0.05, 0.1) is 6.54 Å². The number of aryl methyl sites for hydroxylation is 1. The summed E-state index contributed by atoms with van der Waals surface area (Å²) in [5.74, 6) is 1.11. The van der Waals surface area contributed by atoms with Crippen LogP contribution in [0.15, 0.2) is 42.5 Å². The molecule has 2 aromatic carbocycles. The Hall–Kier alpha value is -1.91. The molecule has 6 heteroatoms. The van der Waals surface area contributed by atoms with Gasteiger partial charge >= 0.3 is 0 Å². The molecule has 0 saturated heterocycles. The fourth-order valence-electron chi connectivity index (χ4n) is 2.12. The summed E-state index contributed by atoms with van der Waals surface area (Å²) < 4.78 is 11.3. The smallest absolute Gasteiger partial charge is 0.261 e. The molecule has 25 heavy (non-hydrogen) atoms. The molecule has 4 nitrogen and oxygen atoms in total. The van der Waals surface area contributed by atoms with Crippen molar-refractivity contribution in [1.29, 1.82) is 0 Å². The van der Waals surface area contributed by atoms with Gasteiger partial charge in [-0.3, -0.25) is 4.79 Å². The van der Waals surface area contributed by atoms with Crippen molar-refractivity contribution in [2.75, 3.05) is 13.2 Å². The Morgan fingerprint density at radius 1 is 1.12 bits per heavy atom. The predicted molar refractivity (Wildman–Crippen MR) is 101 cm³/mol. The van der Waals surface area contributed by atoms with Gasteiger partial charge in [0.1, 0.15) is 18.1 Å². The lowest BCUT2D eigenvalue weighted by atomic mass is 10.2. The summed E-state index contributed by atoms with van der Waals surface area (Å²) >= 11 is 11.9. The maximum absolute atomic E-state index is 12.2. The van der Waals surface area contributed by atoms with Crippen LogP contribution in [0.4, 0.5) is 0 Å². The van der Waals surface area contributed by atoms with Gasteiger partial charge in [-0.05, 0) is 55.3 Å². The lowest BCUT2D eigenvalue weighted by Gasteiger charge is -2.17. The van der Waals surface area contributed by atoms with E-state index in [4.69, 9.17) is 32.7 Å². The lowest BCUT2D eigenvalue weighted by molar-refractivity contribution is -0.128. The third-order valence-corrected chi connectivity index (χ3v) is 4.23. The molecule has 0 radical (unpaired) electrons. The van der Waals surface area contributed by atoms with Gasteiger partial charge in [0.25, 0.3) is 5.91 Å². The highest BCUT2D eigenvalue weighted by molar-refractivity contribution is 6.31. The predicted octanol–water partition coefficient (Wildman–Crippen LogP) is 4.65. The van der Waals surface area contributed by atoms with Crippen molar-refractivity contribution in [3.05, 3.63) is 58.1 Å². The van der Waals surface area contributed by atoms with Crippen molar-refractivity contribution < 1.29 is 14.3 Å². The summed E-state index contributed by atoms with van der Waals surface area (Å²) in [4.78, 5) is 12.2. The van der Waals surface area contributed by atoms with Crippen molar-refractivity contribution in [1.82, 2.24) is 5.32 Å². The molecule has 2 rings (SSSR count). The van der Waals surface area contributed by atoms with Crippen LogP contribution in [-0.2, 0) is 4.79 Å². The van der Waals surface area contributed by atoms with E-state index in [1.54, 1.807) is 30.3 Å². The number of rotatable bonds is 8. The van der Waals surface area contributed by atoms with Gasteiger partial charge in [-0.15, -0.1) is 0 Å². The number of benzene rings is 2. The standard InChI is InChI=1S/C19H21Cl2NO3/c1-3-18(25-15-8-5-14(20)6-9-15)19(23)22-10-11-24-16-7-4-13(2)17(21)12-16/h4-9,12,18H,3,10-11H2,1-2H3,(H,22,23). The quantitative estimate of drug-likeness (QED) is 0.676. The Morgan fingerprint density at radius 2 is 1.80 bits per heavy atom. The Bertz CT molecular complexity index is 704. The average Bonchev–Trinajstić information content (AvgIpc) is 2.61. The topological polar surface area (TPSA) is 47.6 Å². The fraction of sp³-hybridized carbons (Fsp3) is 0.316. The van der Waals surface area contributed by atoms with Crippen molar-refractivity contribution in [2.45, 2.75) is 26.4 Å². The summed E-state index contributed by atoms with van der Waals surface area (Å²) in [7, 11) is 0. The van der Waals surface area contributed by atoms with Crippen LogP contribution in [0.2, 0.25) is 10.0 Å². The van der Waals surface area contributed by atoms with Crippen molar-refractivity contribution in [3.8, 4) is 11.5 Å². The molecule has 1 atom stereocenters. The van der Waals surface area contributed by atoms with Crippen molar-refractivity contribution in [3.63, 3.8) is 0 Å². The maximum Gasteiger partial charge on any atom is 0.261 e. The van der Waals surface area contributed by atoms with E-state index in [2.05, 4.69) is 5.32 Å². The van der Waals surface area contributed by atoms with Gasteiger partial charge < -0.3 is 14.8 Å². The Labute approximate surface area is 158 Å². The minimum Gasteiger partial charge on any atom is -0.492 e. The zero-order valence-corrected chi connectivity index (χ0v) is 15.7. The molecule has 1 unspecified atom stereocenters. The molecule has 0 spiro atoms. The van der Waals surface area contributed by atoms with E-state index in [0.717, 1.165) is 5.56 Å². The molecule has 0 saturated carbocycles. The van der Waals surface area contributed by atoms with Gasteiger partial charge in [-0.25, -0.2) is 0 Å². The lowest BCUT2D eigenvalue weighted by Crippen LogP contribution is -2.39. The van der Waals surface area contributed by atoms with Crippen LogP contribution in [0.25, 0.3) is 0 Å². The van der Waals surface area contributed by atoms with E-state index in [9.17, 15) is 4.79 Å². The van der Waals surface area contributed by atoms with Crippen molar-refractivity contribution in [2.24, 2.45) is 0 Å². The van der Waals surface area contributed by atoms with E-state index in [-0.39, 0.29) is 5.91 Å². The summed E-state index contributed by atoms with van der Waals surface area (Å²) in [5, 5.41) is 4.09. The zero-order valence-electron chi connectivity index (χ0n) is 14.2. The molecule has 0 aliphatic rings. The minimum atomic E-state index is -0.560. The van der Waals surface area contributed by atoms with Crippen LogP contribution in [0, 0.1) is 6.92 Å². The molecule has 1 amide bonds. The highest BCUT2D eigenvalue weighted by Gasteiger charge is 2.17. The summed E-state index contributed by atoms with van der Waals surface area (Å²) in [6.45, 7) is 4.55. The van der Waals surface area contributed by atoms with Gasteiger partial charge in [0, 0.05) is 10.0 Å². The third-order valence-electron chi connectivity index (χ3n) is 3.57. The third kappa shape index (κ3) is 6.15. The van der Waals surface area contributed by atoms with E-state index in [0.29, 0.717) is 41.1 Å². The van der Waals surface area contributed by atoms with Crippen LogP contribution in [0.1, 0.15) is 18.9 Å². The number of hydrogen-bond acceptors (Lipinski definition) is 3. The van der Waals surface area contributed by atoms with E-state index in [1.165, 1.54) is 0 Å². The minimum absolute atomic E-state index is 0.178.